The maximum atomic E-state index is 12.7. The highest BCUT2D eigenvalue weighted by Crippen LogP contribution is 2.26. The average Bonchev–Trinajstić information content (AvgIpc) is 2.89. The van der Waals surface area contributed by atoms with Crippen molar-refractivity contribution in [2.24, 2.45) is 5.92 Å². The molecule has 0 amide bonds. The number of aliphatic carboxylic acids is 1. The van der Waals surface area contributed by atoms with Crippen LogP contribution >= 0.6 is 11.6 Å². The normalized spacial score (nSPS) is 22.6. The van der Waals surface area contributed by atoms with E-state index in [0.717, 1.165) is 0 Å². The second kappa shape index (κ2) is 6.31. The molecule has 1 aliphatic heterocycles. The zero-order valence-electron chi connectivity index (χ0n) is 11.4. The highest BCUT2D eigenvalue weighted by molar-refractivity contribution is 7.89. The third-order valence-corrected chi connectivity index (χ3v) is 5.74. The van der Waals surface area contributed by atoms with Crippen LogP contribution in [0.1, 0.15) is 6.92 Å². The maximum absolute atomic E-state index is 12.7. The van der Waals surface area contributed by atoms with E-state index in [1.54, 1.807) is 6.92 Å². The molecule has 2 rings (SSSR count). The summed E-state index contributed by atoms with van der Waals surface area (Å²) >= 11 is 5.76. The monoisotopic (exact) mass is 333 g/mol. The fourth-order valence-corrected chi connectivity index (χ4v) is 4.17. The van der Waals surface area contributed by atoms with E-state index >= 15 is 0 Å². The molecule has 0 radical (unpaired) electrons. The van der Waals surface area contributed by atoms with Gasteiger partial charge in [0.25, 0.3) is 0 Å². The molecule has 1 aromatic carbocycles. The number of halogens is 1. The van der Waals surface area contributed by atoms with E-state index in [0.29, 0.717) is 5.02 Å². The molecule has 116 valence electrons. The van der Waals surface area contributed by atoms with Gasteiger partial charge in [0.05, 0.1) is 30.1 Å². The molecule has 1 fully saturated rings. The summed E-state index contributed by atoms with van der Waals surface area (Å²) in [6.07, 6.45) is 0. The Hall–Kier alpha value is -1.15. The maximum Gasteiger partial charge on any atom is 0.310 e. The molecule has 0 bridgehead atoms. The van der Waals surface area contributed by atoms with Crippen molar-refractivity contribution in [2.45, 2.75) is 17.9 Å². The fraction of sp³-hybridized carbons (Fsp3) is 0.462. The minimum atomic E-state index is -3.79. The van der Waals surface area contributed by atoms with Crippen LogP contribution in [0.25, 0.3) is 0 Å². The van der Waals surface area contributed by atoms with Crippen molar-refractivity contribution < 1.29 is 23.1 Å². The van der Waals surface area contributed by atoms with Gasteiger partial charge in [0.2, 0.25) is 10.0 Å². The Kier molecular flexibility index (Phi) is 4.88. The zero-order chi connectivity index (χ0) is 15.6. The van der Waals surface area contributed by atoms with Crippen LogP contribution < -0.4 is 0 Å². The van der Waals surface area contributed by atoms with Crippen molar-refractivity contribution >= 4 is 27.6 Å². The highest BCUT2D eigenvalue weighted by Gasteiger charge is 2.42. The summed E-state index contributed by atoms with van der Waals surface area (Å²) in [5.74, 6) is -1.91. The molecular formula is C13H16ClNO5S. The molecule has 2 atom stereocenters. The molecule has 1 N–H and O–H groups in total. The van der Waals surface area contributed by atoms with Gasteiger partial charge >= 0.3 is 5.97 Å². The lowest BCUT2D eigenvalue weighted by Gasteiger charge is -2.28. The Morgan fingerprint density at radius 2 is 2.00 bits per heavy atom. The standard InChI is InChI=1S/C13H16ClNO5S/c1-2-15(12-8-20-7-11(12)13(16)17)21(18,19)10-5-3-9(14)4-6-10/h3-6,11-12H,2,7-8H2,1H3,(H,16,17). The number of carboxylic acid groups (broad SMARTS) is 1. The Balaban J connectivity index is 2.35. The first-order chi connectivity index (χ1) is 9.87. The van der Waals surface area contributed by atoms with E-state index in [1.165, 1.54) is 28.6 Å². The van der Waals surface area contributed by atoms with Gasteiger partial charge in [-0.2, -0.15) is 4.31 Å². The minimum Gasteiger partial charge on any atom is -0.481 e. The Morgan fingerprint density at radius 3 is 2.52 bits per heavy atom. The number of likely N-dealkylation sites (N-methyl/N-ethyl adjacent to an activating group) is 1. The lowest BCUT2D eigenvalue weighted by molar-refractivity contribution is -0.142. The van der Waals surface area contributed by atoms with Gasteiger partial charge < -0.3 is 9.84 Å². The summed E-state index contributed by atoms with van der Waals surface area (Å²) in [5, 5.41) is 9.62. The average molecular weight is 334 g/mol. The van der Waals surface area contributed by atoms with E-state index in [-0.39, 0.29) is 24.7 Å². The number of hydrogen-bond donors (Lipinski definition) is 1. The van der Waals surface area contributed by atoms with Gasteiger partial charge in [-0.15, -0.1) is 0 Å². The molecule has 0 aromatic heterocycles. The van der Waals surface area contributed by atoms with Gasteiger partial charge in [-0.3, -0.25) is 4.79 Å². The highest BCUT2D eigenvalue weighted by atomic mass is 35.5. The first-order valence-corrected chi connectivity index (χ1v) is 8.27. The van der Waals surface area contributed by atoms with Crippen molar-refractivity contribution in [1.29, 1.82) is 0 Å². The number of carboxylic acids is 1. The van der Waals surface area contributed by atoms with Crippen molar-refractivity contribution in [3.8, 4) is 0 Å². The van der Waals surface area contributed by atoms with Crippen LogP contribution in [-0.4, -0.2) is 49.6 Å². The molecule has 1 heterocycles. The number of ether oxygens (including phenoxy) is 1. The lowest BCUT2D eigenvalue weighted by atomic mass is 10.0. The number of rotatable bonds is 5. The predicted molar refractivity (Wildman–Crippen MR) is 76.8 cm³/mol. The van der Waals surface area contributed by atoms with Gasteiger partial charge in [0.1, 0.15) is 0 Å². The van der Waals surface area contributed by atoms with E-state index < -0.39 is 28.0 Å². The van der Waals surface area contributed by atoms with Gasteiger partial charge in [-0.1, -0.05) is 18.5 Å². The number of nitrogens with zero attached hydrogens (tertiary/aromatic N) is 1. The first kappa shape index (κ1) is 16.2. The van der Waals surface area contributed by atoms with Gasteiger partial charge in [-0.05, 0) is 24.3 Å². The molecule has 6 nitrogen and oxygen atoms in total. The molecule has 2 unspecified atom stereocenters. The summed E-state index contributed by atoms with van der Waals surface area (Å²) in [6, 6.07) is 5.09. The van der Waals surface area contributed by atoms with E-state index in [1.807, 2.05) is 0 Å². The smallest absolute Gasteiger partial charge is 0.310 e. The Bertz CT molecular complexity index is 616. The number of carbonyl (C=O) groups is 1. The van der Waals surface area contributed by atoms with Crippen molar-refractivity contribution in [3.05, 3.63) is 29.3 Å². The third kappa shape index (κ3) is 3.21. The van der Waals surface area contributed by atoms with Crippen LogP contribution in [0.5, 0.6) is 0 Å². The number of sulfonamides is 1. The molecule has 1 aromatic rings. The second-order valence-electron chi connectivity index (χ2n) is 4.71. The summed E-state index contributed by atoms with van der Waals surface area (Å²) in [6.45, 7) is 1.94. The third-order valence-electron chi connectivity index (χ3n) is 3.47. The van der Waals surface area contributed by atoms with Crippen LogP contribution in [-0.2, 0) is 19.6 Å². The predicted octanol–water partition coefficient (Wildman–Crippen LogP) is 1.45. The molecule has 0 aliphatic carbocycles. The van der Waals surface area contributed by atoms with Crippen LogP contribution in [0.2, 0.25) is 5.02 Å². The van der Waals surface area contributed by atoms with Gasteiger partial charge in [0, 0.05) is 11.6 Å². The van der Waals surface area contributed by atoms with Crippen LogP contribution in [0.15, 0.2) is 29.2 Å². The fourth-order valence-electron chi connectivity index (χ4n) is 2.39. The van der Waals surface area contributed by atoms with Crippen LogP contribution in [0.3, 0.4) is 0 Å². The molecule has 0 saturated carbocycles. The van der Waals surface area contributed by atoms with Gasteiger partial charge in [0.15, 0.2) is 0 Å². The quantitative estimate of drug-likeness (QED) is 0.881. The molecular weight excluding hydrogens is 318 g/mol. The first-order valence-electron chi connectivity index (χ1n) is 6.46. The van der Waals surface area contributed by atoms with E-state index in [9.17, 15) is 18.3 Å². The SMILES string of the molecule is CCN(C1COCC1C(=O)O)S(=O)(=O)c1ccc(Cl)cc1. The summed E-state index contributed by atoms with van der Waals surface area (Å²) < 4.78 is 31.7. The van der Waals surface area contributed by atoms with Crippen molar-refractivity contribution in [1.82, 2.24) is 4.31 Å². The summed E-state index contributed by atoms with van der Waals surface area (Å²) in [4.78, 5) is 11.3. The lowest BCUT2D eigenvalue weighted by Crippen LogP contribution is -2.46. The summed E-state index contributed by atoms with van der Waals surface area (Å²) in [5.41, 5.74) is 0. The van der Waals surface area contributed by atoms with Crippen molar-refractivity contribution in [3.63, 3.8) is 0 Å². The van der Waals surface area contributed by atoms with E-state index in [4.69, 9.17) is 16.3 Å². The Labute approximate surface area is 128 Å². The van der Waals surface area contributed by atoms with Crippen LogP contribution in [0, 0.1) is 5.92 Å². The van der Waals surface area contributed by atoms with Crippen LogP contribution in [0.4, 0.5) is 0 Å². The zero-order valence-corrected chi connectivity index (χ0v) is 13.0. The molecule has 8 heteroatoms. The molecule has 0 spiro atoms. The Morgan fingerprint density at radius 1 is 1.38 bits per heavy atom. The summed E-state index contributed by atoms with van der Waals surface area (Å²) in [7, 11) is -3.79. The van der Waals surface area contributed by atoms with E-state index in [2.05, 4.69) is 0 Å². The largest absolute Gasteiger partial charge is 0.481 e. The topological polar surface area (TPSA) is 83.9 Å². The number of hydrogen-bond acceptors (Lipinski definition) is 4. The molecule has 1 aliphatic rings. The second-order valence-corrected chi connectivity index (χ2v) is 7.04. The number of benzene rings is 1. The van der Waals surface area contributed by atoms with Crippen molar-refractivity contribution in [2.75, 3.05) is 19.8 Å². The molecule has 21 heavy (non-hydrogen) atoms. The molecule has 1 saturated heterocycles. The minimum absolute atomic E-state index is 0.0205. The van der Waals surface area contributed by atoms with Gasteiger partial charge in [-0.25, -0.2) is 8.42 Å².